The Hall–Kier alpha value is -1.02. The highest BCUT2D eigenvalue weighted by Crippen LogP contribution is 2.36. The van der Waals surface area contributed by atoms with Crippen LogP contribution in [0, 0.1) is 5.92 Å². The van der Waals surface area contributed by atoms with Gasteiger partial charge in [0.1, 0.15) is 5.75 Å². The van der Waals surface area contributed by atoms with Gasteiger partial charge in [0.15, 0.2) is 0 Å². The third kappa shape index (κ3) is 3.35. The number of benzene rings is 1. The van der Waals surface area contributed by atoms with E-state index in [1.807, 2.05) is 0 Å². The molecule has 0 saturated carbocycles. The number of hydrogen-bond acceptors (Lipinski definition) is 2. The highest BCUT2D eigenvalue weighted by atomic mass is 16.6. The van der Waals surface area contributed by atoms with Crippen LogP contribution in [0.25, 0.3) is 0 Å². The molecular formula is C18H28O2. The van der Waals surface area contributed by atoms with E-state index in [-0.39, 0.29) is 5.41 Å². The summed E-state index contributed by atoms with van der Waals surface area (Å²) in [7, 11) is 1.75. The lowest BCUT2D eigenvalue weighted by molar-refractivity contribution is 0.322. The average molecular weight is 276 g/mol. The topological polar surface area (TPSA) is 21.8 Å². The first-order chi connectivity index (χ1) is 9.36. The maximum atomic E-state index is 5.72. The molecule has 0 bridgehead atoms. The van der Waals surface area contributed by atoms with Gasteiger partial charge in [0.05, 0.1) is 19.3 Å². The second-order valence-corrected chi connectivity index (χ2v) is 7.01. The first-order valence-electron chi connectivity index (χ1n) is 7.69. The van der Waals surface area contributed by atoms with Crippen LogP contribution in [0.2, 0.25) is 0 Å². The van der Waals surface area contributed by atoms with Gasteiger partial charge in [-0.2, -0.15) is 0 Å². The zero-order chi connectivity index (χ0) is 14.9. The molecule has 1 aliphatic rings. The fraction of sp³-hybridized carbons (Fsp3) is 0.667. The number of methoxy groups -OCH3 is 1. The van der Waals surface area contributed by atoms with Crippen molar-refractivity contribution < 1.29 is 9.47 Å². The van der Waals surface area contributed by atoms with E-state index < -0.39 is 0 Å². The van der Waals surface area contributed by atoms with E-state index in [1.165, 1.54) is 11.1 Å². The summed E-state index contributed by atoms with van der Waals surface area (Å²) in [5.74, 6) is 1.57. The third-order valence-electron chi connectivity index (χ3n) is 4.21. The minimum absolute atomic E-state index is 0.104. The second kappa shape index (κ2) is 5.77. The number of epoxide rings is 1. The largest absolute Gasteiger partial charge is 0.496 e. The van der Waals surface area contributed by atoms with Gasteiger partial charge in [-0.3, -0.25) is 0 Å². The zero-order valence-corrected chi connectivity index (χ0v) is 13.7. The predicted octanol–water partition coefficient (Wildman–Crippen LogP) is 4.35. The van der Waals surface area contributed by atoms with E-state index in [0.29, 0.717) is 18.1 Å². The predicted molar refractivity (Wildman–Crippen MR) is 83.5 cm³/mol. The first kappa shape index (κ1) is 15.4. The van der Waals surface area contributed by atoms with Crippen molar-refractivity contribution in [3.63, 3.8) is 0 Å². The van der Waals surface area contributed by atoms with Crippen molar-refractivity contribution in [3.05, 3.63) is 29.3 Å². The second-order valence-electron chi connectivity index (χ2n) is 7.01. The Labute approximate surface area is 123 Å². The molecule has 1 aromatic carbocycles. The van der Waals surface area contributed by atoms with Crippen LogP contribution in [0.3, 0.4) is 0 Å². The lowest BCUT2D eigenvalue weighted by Gasteiger charge is -2.23. The van der Waals surface area contributed by atoms with Gasteiger partial charge in [0.25, 0.3) is 0 Å². The SMILES string of the molecule is CCC1OC1C(C)Cc1ccc(OC)c(C(C)(C)C)c1. The Kier molecular flexibility index (Phi) is 4.43. The summed E-state index contributed by atoms with van der Waals surface area (Å²) in [6, 6.07) is 6.60. The fourth-order valence-electron chi connectivity index (χ4n) is 2.94. The number of hydrogen-bond donors (Lipinski definition) is 0. The van der Waals surface area contributed by atoms with E-state index in [0.717, 1.165) is 18.6 Å². The van der Waals surface area contributed by atoms with E-state index >= 15 is 0 Å². The summed E-state index contributed by atoms with van der Waals surface area (Å²) in [5, 5.41) is 0. The van der Waals surface area contributed by atoms with Gasteiger partial charge >= 0.3 is 0 Å². The van der Waals surface area contributed by atoms with Gasteiger partial charge in [0.2, 0.25) is 0 Å². The standard InChI is InChI=1S/C18H28O2/c1-7-15-17(20-15)12(2)10-13-8-9-16(19-6)14(11-13)18(3,4)5/h8-9,11-12,15,17H,7,10H2,1-6H3. The molecule has 1 heterocycles. The highest BCUT2D eigenvalue weighted by Gasteiger charge is 2.41. The summed E-state index contributed by atoms with van der Waals surface area (Å²) in [6.07, 6.45) is 3.16. The Morgan fingerprint density at radius 2 is 2.00 bits per heavy atom. The summed E-state index contributed by atoms with van der Waals surface area (Å²) in [5.41, 5.74) is 2.77. The molecule has 3 atom stereocenters. The van der Waals surface area contributed by atoms with Crippen molar-refractivity contribution in [3.8, 4) is 5.75 Å². The Morgan fingerprint density at radius 1 is 1.30 bits per heavy atom. The Bertz CT molecular complexity index is 459. The Balaban J connectivity index is 2.13. The molecule has 112 valence electrons. The van der Waals surface area contributed by atoms with Crippen molar-refractivity contribution in [2.75, 3.05) is 7.11 Å². The molecule has 0 aliphatic carbocycles. The van der Waals surface area contributed by atoms with Crippen molar-refractivity contribution in [2.45, 2.75) is 65.1 Å². The van der Waals surface area contributed by atoms with Gasteiger partial charge in [0, 0.05) is 0 Å². The summed E-state index contributed by atoms with van der Waals surface area (Å²) in [4.78, 5) is 0. The van der Waals surface area contributed by atoms with E-state index in [9.17, 15) is 0 Å². The molecular weight excluding hydrogens is 248 g/mol. The Morgan fingerprint density at radius 3 is 2.50 bits per heavy atom. The van der Waals surface area contributed by atoms with Gasteiger partial charge in [-0.1, -0.05) is 46.8 Å². The fourth-order valence-corrected chi connectivity index (χ4v) is 2.94. The van der Waals surface area contributed by atoms with Crippen molar-refractivity contribution in [1.82, 2.24) is 0 Å². The molecule has 0 aromatic heterocycles. The molecule has 2 nitrogen and oxygen atoms in total. The van der Waals surface area contributed by atoms with Gasteiger partial charge in [-0.05, 0) is 41.4 Å². The monoisotopic (exact) mass is 276 g/mol. The molecule has 3 unspecified atom stereocenters. The van der Waals surface area contributed by atoms with Crippen LogP contribution >= 0.6 is 0 Å². The normalized spacial score (nSPS) is 23.5. The van der Waals surface area contributed by atoms with E-state index in [2.05, 4.69) is 52.8 Å². The quantitative estimate of drug-likeness (QED) is 0.746. The molecule has 1 fully saturated rings. The van der Waals surface area contributed by atoms with E-state index in [1.54, 1.807) is 7.11 Å². The number of rotatable bonds is 5. The van der Waals surface area contributed by atoms with Crippen LogP contribution in [-0.2, 0) is 16.6 Å². The molecule has 1 saturated heterocycles. The van der Waals surface area contributed by atoms with Crippen LogP contribution in [-0.4, -0.2) is 19.3 Å². The molecule has 2 rings (SSSR count). The summed E-state index contributed by atoms with van der Waals surface area (Å²) >= 11 is 0. The molecule has 2 heteroatoms. The molecule has 0 radical (unpaired) electrons. The van der Waals surface area contributed by atoms with Crippen LogP contribution in [0.1, 0.15) is 52.2 Å². The molecule has 0 N–H and O–H groups in total. The van der Waals surface area contributed by atoms with Crippen LogP contribution in [0.4, 0.5) is 0 Å². The highest BCUT2D eigenvalue weighted by molar-refractivity contribution is 5.41. The average Bonchev–Trinajstić information content (AvgIpc) is 3.17. The minimum atomic E-state index is 0.104. The van der Waals surface area contributed by atoms with Crippen LogP contribution in [0.5, 0.6) is 5.75 Å². The smallest absolute Gasteiger partial charge is 0.122 e. The number of ether oxygens (including phenoxy) is 2. The van der Waals surface area contributed by atoms with Crippen LogP contribution in [0.15, 0.2) is 18.2 Å². The van der Waals surface area contributed by atoms with Gasteiger partial charge in [-0.15, -0.1) is 0 Å². The van der Waals surface area contributed by atoms with E-state index in [4.69, 9.17) is 9.47 Å². The van der Waals surface area contributed by atoms with Crippen molar-refractivity contribution in [1.29, 1.82) is 0 Å². The van der Waals surface area contributed by atoms with Gasteiger partial charge in [-0.25, -0.2) is 0 Å². The maximum Gasteiger partial charge on any atom is 0.122 e. The summed E-state index contributed by atoms with van der Waals surface area (Å²) < 4.78 is 11.2. The molecule has 1 aromatic rings. The molecule has 20 heavy (non-hydrogen) atoms. The third-order valence-corrected chi connectivity index (χ3v) is 4.21. The lowest BCUT2D eigenvalue weighted by Crippen LogP contribution is -2.15. The first-order valence-corrected chi connectivity index (χ1v) is 7.69. The van der Waals surface area contributed by atoms with Crippen molar-refractivity contribution >= 4 is 0 Å². The summed E-state index contributed by atoms with van der Waals surface area (Å²) in [6.45, 7) is 11.2. The molecule has 0 spiro atoms. The van der Waals surface area contributed by atoms with Crippen molar-refractivity contribution in [2.24, 2.45) is 5.92 Å². The van der Waals surface area contributed by atoms with Gasteiger partial charge < -0.3 is 9.47 Å². The maximum absolute atomic E-state index is 5.72. The zero-order valence-electron chi connectivity index (χ0n) is 13.7. The van der Waals surface area contributed by atoms with Crippen LogP contribution < -0.4 is 4.74 Å². The lowest BCUT2D eigenvalue weighted by atomic mass is 9.84. The molecule has 0 amide bonds. The molecule has 1 aliphatic heterocycles. The minimum Gasteiger partial charge on any atom is -0.496 e.